The molecule has 3 rings (SSSR count). The van der Waals surface area contributed by atoms with Crippen molar-refractivity contribution in [1.29, 1.82) is 0 Å². The topological polar surface area (TPSA) is 32.7 Å². The molecule has 0 aromatic heterocycles. The molecule has 1 saturated heterocycles. The number of likely N-dealkylation sites (tertiary alicyclic amines) is 1. The lowest BCUT2D eigenvalue weighted by atomic mass is 9.96. The van der Waals surface area contributed by atoms with Gasteiger partial charge in [-0.15, -0.1) is 6.58 Å². The summed E-state index contributed by atoms with van der Waals surface area (Å²) < 4.78 is 5.92. The molecule has 3 nitrogen and oxygen atoms in total. The zero-order valence-corrected chi connectivity index (χ0v) is 14.6. The fraction of sp³-hybridized carbons (Fsp3) is 0.364. The summed E-state index contributed by atoms with van der Waals surface area (Å²) >= 11 is 0. The van der Waals surface area contributed by atoms with E-state index in [0.717, 1.165) is 19.5 Å². The van der Waals surface area contributed by atoms with Crippen LogP contribution in [0.25, 0.3) is 0 Å². The van der Waals surface area contributed by atoms with Crippen molar-refractivity contribution in [2.24, 2.45) is 5.92 Å². The van der Waals surface area contributed by atoms with E-state index in [0.29, 0.717) is 13.2 Å². The lowest BCUT2D eigenvalue weighted by Gasteiger charge is -2.31. The molecule has 1 N–H and O–H groups in total. The van der Waals surface area contributed by atoms with Crippen LogP contribution < -0.4 is 0 Å². The third kappa shape index (κ3) is 4.79. The van der Waals surface area contributed by atoms with Gasteiger partial charge in [0.2, 0.25) is 0 Å². The maximum Gasteiger partial charge on any atom is 0.0717 e. The summed E-state index contributed by atoms with van der Waals surface area (Å²) in [5.41, 5.74) is 2.44. The van der Waals surface area contributed by atoms with Crippen LogP contribution in [-0.2, 0) is 17.9 Å². The van der Waals surface area contributed by atoms with Gasteiger partial charge in [-0.05, 0) is 17.5 Å². The van der Waals surface area contributed by atoms with Crippen molar-refractivity contribution in [3.63, 3.8) is 0 Å². The smallest absolute Gasteiger partial charge is 0.0717 e. The summed E-state index contributed by atoms with van der Waals surface area (Å²) in [7, 11) is 0. The Balaban J connectivity index is 1.60. The number of rotatable bonds is 8. The molecule has 0 bridgehead atoms. The second kappa shape index (κ2) is 8.95. The van der Waals surface area contributed by atoms with E-state index in [1.807, 2.05) is 30.3 Å². The van der Waals surface area contributed by atoms with Crippen LogP contribution in [0.4, 0.5) is 0 Å². The monoisotopic (exact) mass is 337 g/mol. The van der Waals surface area contributed by atoms with E-state index in [4.69, 9.17) is 4.74 Å². The van der Waals surface area contributed by atoms with E-state index < -0.39 is 0 Å². The highest BCUT2D eigenvalue weighted by molar-refractivity contribution is 5.16. The van der Waals surface area contributed by atoms with Gasteiger partial charge < -0.3 is 9.84 Å². The highest BCUT2D eigenvalue weighted by Gasteiger charge is 2.37. The molecular weight excluding hydrogens is 310 g/mol. The molecule has 2 aromatic carbocycles. The quantitative estimate of drug-likeness (QED) is 0.747. The van der Waals surface area contributed by atoms with E-state index >= 15 is 0 Å². The Morgan fingerprint density at radius 2 is 1.72 bits per heavy atom. The Labute approximate surface area is 150 Å². The number of aliphatic hydroxyl groups excluding tert-OH is 1. The Morgan fingerprint density at radius 3 is 2.36 bits per heavy atom. The molecule has 0 unspecified atom stereocenters. The summed E-state index contributed by atoms with van der Waals surface area (Å²) in [5, 5.41) is 10.5. The molecule has 1 fully saturated rings. The second-order valence-corrected chi connectivity index (χ2v) is 6.70. The molecule has 0 amide bonds. The number of hydrogen-bond donors (Lipinski definition) is 1. The number of benzene rings is 2. The molecule has 3 heteroatoms. The van der Waals surface area contributed by atoms with Crippen LogP contribution in [-0.4, -0.2) is 35.3 Å². The molecule has 25 heavy (non-hydrogen) atoms. The van der Waals surface area contributed by atoms with Crippen LogP contribution >= 0.6 is 0 Å². The Bertz CT molecular complexity index is 644. The van der Waals surface area contributed by atoms with Crippen molar-refractivity contribution in [3.05, 3.63) is 84.4 Å². The van der Waals surface area contributed by atoms with Crippen LogP contribution in [0.2, 0.25) is 0 Å². The summed E-state index contributed by atoms with van der Waals surface area (Å²) in [6, 6.07) is 20.7. The standard InChI is InChI=1S/C22H27NO2/c1-2-20(17-25-16-19-11-7-4-8-12-19)22-21(24)13-14-23(22)15-18-9-5-3-6-10-18/h2-12,20-22,24H,1,13-17H2/t20-,21-,22+/m0/s1. The van der Waals surface area contributed by atoms with Gasteiger partial charge in [-0.3, -0.25) is 4.90 Å². The Kier molecular flexibility index (Phi) is 6.40. The van der Waals surface area contributed by atoms with Crippen LogP contribution in [0.15, 0.2) is 73.3 Å². The minimum Gasteiger partial charge on any atom is -0.391 e. The average Bonchev–Trinajstić information content (AvgIpc) is 3.01. The highest BCUT2D eigenvalue weighted by atomic mass is 16.5. The van der Waals surface area contributed by atoms with Gasteiger partial charge in [-0.25, -0.2) is 0 Å². The first-order valence-electron chi connectivity index (χ1n) is 8.98. The molecule has 2 aromatic rings. The maximum absolute atomic E-state index is 10.5. The van der Waals surface area contributed by atoms with Gasteiger partial charge in [0.25, 0.3) is 0 Å². The Morgan fingerprint density at radius 1 is 1.08 bits per heavy atom. The first kappa shape index (κ1) is 17.9. The van der Waals surface area contributed by atoms with E-state index in [2.05, 4.69) is 47.9 Å². The maximum atomic E-state index is 10.5. The van der Waals surface area contributed by atoms with Gasteiger partial charge in [-0.1, -0.05) is 66.7 Å². The third-order valence-corrected chi connectivity index (χ3v) is 4.92. The van der Waals surface area contributed by atoms with Gasteiger partial charge in [0.05, 0.1) is 19.3 Å². The van der Waals surface area contributed by atoms with Crippen molar-refractivity contribution in [2.75, 3.05) is 13.2 Å². The van der Waals surface area contributed by atoms with Gasteiger partial charge in [-0.2, -0.15) is 0 Å². The van der Waals surface area contributed by atoms with Crippen molar-refractivity contribution in [1.82, 2.24) is 4.90 Å². The van der Waals surface area contributed by atoms with Gasteiger partial charge in [0.1, 0.15) is 0 Å². The molecule has 1 heterocycles. The summed E-state index contributed by atoms with van der Waals surface area (Å²) in [5.74, 6) is 0.116. The first-order valence-corrected chi connectivity index (χ1v) is 8.98. The molecule has 0 radical (unpaired) electrons. The Hall–Kier alpha value is -1.94. The third-order valence-electron chi connectivity index (χ3n) is 4.92. The lowest BCUT2D eigenvalue weighted by molar-refractivity contribution is 0.0316. The van der Waals surface area contributed by atoms with Crippen molar-refractivity contribution in [3.8, 4) is 0 Å². The van der Waals surface area contributed by atoms with Crippen molar-refractivity contribution >= 4 is 0 Å². The predicted octanol–water partition coefficient (Wildman–Crippen LogP) is 3.64. The molecule has 3 atom stereocenters. The number of hydrogen-bond acceptors (Lipinski definition) is 3. The minimum absolute atomic E-state index is 0.0634. The molecule has 1 aliphatic heterocycles. The number of aliphatic hydroxyl groups is 1. The molecule has 132 valence electrons. The normalized spacial score (nSPS) is 22.0. The largest absolute Gasteiger partial charge is 0.391 e. The summed E-state index contributed by atoms with van der Waals surface area (Å²) in [6.45, 7) is 6.91. The van der Waals surface area contributed by atoms with E-state index in [1.54, 1.807) is 0 Å². The van der Waals surface area contributed by atoms with E-state index in [-0.39, 0.29) is 18.1 Å². The van der Waals surface area contributed by atoms with Crippen LogP contribution in [0, 0.1) is 5.92 Å². The molecule has 1 aliphatic rings. The number of ether oxygens (including phenoxy) is 1. The van der Waals surface area contributed by atoms with Gasteiger partial charge >= 0.3 is 0 Å². The fourth-order valence-corrected chi connectivity index (χ4v) is 3.61. The average molecular weight is 337 g/mol. The zero-order chi connectivity index (χ0) is 17.5. The molecular formula is C22H27NO2. The fourth-order valence-electron chi connectivity index (χ4n) is 3.61. The highest BCUT2D eigenvalue weighted by Crippen LogP contribution is 2.27. The zero-order valence-electron chi connectivity index (χ0n) is 14.6. The molecule has 0 saturated carbocycles. The molecule has 0 aliphatic carbocycles. The molecule has 0 spiro atoms. The predicted molar refractivity (Wildman–Crippen MR) is 101 cm³/mol. The summed E-state index contributed by atoms with van der Waals surface area (Å²) in [4.78, 5) is 2.36. The van der Waals surface area contributed by atoms with Gasteiger partial charge in [0.15, 0.2) is 0 Å². The second-order valence-electron chi connectivity index (χ2n) is 6.70. The van der Waals surface area contributed by atoms with E-state index in [9.17, 15) is 5.11 Å². The minimum atomic E-state index is -0.327. The van der Waals surface area contributed by atoms with E-state index in [1.165, 1.54) is 11.1 Å². The first-order chi connectivity index (χ1) is 12.3. The lowest BCUT2D eigenvalue weighted by Crippen LogP contribution is -2.42. The SMILES string of the molecule is C=C[C@@H](COCc1ccccc1)[C@@H]1[C@@H](O)CCN1Cc1ccccc1. The van der Waals surface area contributed by atoms with Gasteiger partial charge in [0, 0.05) is 25.0 Å². The van der Waals surface area contributed by atoms with Crippen LogP contribution in [0.5, 0.6) is 0 Å². The van der Waals surface area contributed by atoms with Crippen LogP contribution in [0.1, 0.15) is 17.5 Å². The number of nitrogens with zero attached hydrogens (tertiary/aromatic N) is 1. The summed E-state index contributed by atoms with van der Waals surface area (Å²) in [6.07, 6.45) is 2.41. The van der Waals surface area contributed by atoms with Crippen molar-refractivity contribution < 1.29 is 9.84 Å². The van der Waals surface area contributed by atoms with Crippen molar-refractivity contribution in [2.45, 2.75) is 31.7 Å². The van der Waals surface area contributed by atoms with Crippen LogP contribution in [0.3, 0.4) is 0 Å².